The van der Waals surface area contributed by atoms with Crippen LogP contribution in [-0.2, 0) is 4.79 Å². The number of nitrogens with one attached hydrogen (secondary N) is 2. The lowest BCUT2D eigenvalue weighted by Crippen LogP contribution is -2.40. The van der Waals surface area contributed by atoms with Gasteiger partial charge < -0.3 is 16.4 Å². The number of aromatic nitrogens is 1. The molecule has 0 saturated carbocycles. The summed E-state index contributed by atoms with van der Waals surface area (Å²) in [5, 5.41) is 16.4. The molecule has 104 valence electrons. The summed E-state index contributed by atoms with van der Waals surface area (Å²) in [5.41, 5.74) is 5.06. The van der Waals surface area contributed by atoms with Gasteiger partial charge in [-0.1, -0.05) is 13.8 Å². The van der Waals surface area contributed by atoms with E-state index in [2.05, 4.69) is 15.6 Å². The Bertz CT molecular complexity index is 489. The van der Waals surface area contributed by atoms with E-state index in [-0.39, 0.29) is 17.4 Å². The van der Waals surface area contributed by atoms with E-state index in [1.165, 1.54) is 12.1 Å². The number of hydrogen-bond acceptors (Lipinski definition) is 6. The Morgan fingerprint density at radius 3 is 2.53 bits per heavy atom. The van der Waals surface area contributed by atoms with Crippen molar-refractivity contribution in [1.82, 2.24) is 4.98 Å². The van der Waals surface area contributed by atoms with E-state index < -0.39 is 16.9 Å². The van der Waals surface area contributed by atoms with Crippen LogP contribution in [0, 0.1) is 16.0 Å². The molecule has 8 heteroatoms. The van der Waals surface area contributed by atoms with Gasteiger partial charge in [-0.25, -0.2) is 4.98 Å². The lowest BCUT2D eigenvalue weighted by Gasteiger charge is -2.19. The molecule has 1 aromatic heterocycles. The molecule has 0 spiro atoms. The lowest BCUT2D eigenvalue weighted by molar-refractivity contribution is -0.384. The largest absolute Gasteiger partial charge is 0.373 e. The molecule has 0 radical (unpaired) electrons. The van der Waals surface area contributed by atoms with Crippen LogP contribution in [0.3, 0.4) is 0 Å². The molecule has 1 unspecified atom stereocenters. The van der Waals surface area contributed by atoms with Crippen LogP contribution in [0.4, 0.5) is 17.3 Å². The molecule has 0 aliphatic rings. The lowest BCUT2D eigenvalue weighted by atomic mass is 10.0. The van der Waals surface area contributed by atoms with Crippen LogP contribution in [0.1, 0.15) is 13.8 Å². The summed E-state index contributed by atoms with van der Waals surface area (Å²) in [4.78, 5) is 25.7. The van der Waals surface area contributed by atoms with Crippen LogP contribution in [0.5, 0.6) is 0 Å². The van der Waals surface area contributed by atoms with Crippen molar-refractivity contribution in [2.24, 2.45) is 11.7 Å². The Labute approximate surface area is 110 Å². The van der Waals surface area contributed by atoms with Gasteiger partial charge in [0.2, 0.25) is 11.7 Å². The summed E-state index contributed by atoms with van der Waals surface area (Å²) in [6.45, 7) is 3.58. The average Bonchev–Trinajstić information content (AvgIpc) is 2.34. The summed E-state index contributed by atoms with van der Waals surface area (Å²) in [6, 6.07) is 2.08. The zero-order valence-electron chi connectivity index (χ0n) is 11.0. The Balaban J connectivity index is 3.15. The van der Waals surface area contributed by atoms with Crippen molar-refractivity contribution >= 4 is 23.2 Å². The van der Waals surface area contributed by atoms with Gasteiger partial charge in [0, 0.05) is 13.1 Å². The van der Waals surface area contributed by atoms with E-state index in [0.29, 0.717) is 5.82 Å². The standard InChI is InChI=1S/C11H17N5O3/c1-6(2)9(10(12)17)15-11-7(16(18)19)4-5-8(13-3)14-11/h4-6,9H,1-3H3,(H2,12,17)(H2,13,14,15). The quantitative estimate of drug-likeness (QED) is 0.521. The number of pyridine rings is 1. The molecule has 1 rings (SSSR count). The number of anilines is 2. The third-order valence-corrected chi connectivity index (χ3v) is 2.59. The molecule has 1 atom stereocenters. The Hall–Kier alpha value is -2.38. The van der Waals surface area contributed by atoms with Crippen LogP contribution in [0.25, 0.3) is 0 Å². The maximum atomic E-state index is 11.3. The first-order valence-electron chi connectivity index (χ1n) is 5.75. The van der Waals surface area contributed by atoms with Gasteiger partial charge in [0.15, 0.2) is 0 Å². The molecule has 0 bridgehead atoms. The first-order chi connectivity index (χ1) is 8.86. The van der Waals surface area contributed by atoms with Crippen LogP contribution in [-0.4, -0.2) is 28.9 Å². The molecule has 1 aromatic rings. The number of carbonyl (C=O) groups is 1. The van der Waals surface area contributed by atoms with Gasteiger partial charge in [0.1, 0.15) is 11.9 Å². The maximum absolute atomic E-state index is 11.3. The Morgan fingerprint density at radius 2 is 2.11 bits per heavy atom. The first kappa shape index (κ1) is 14.7. The van der Waals surface area contributed by atoms with Gasteiger partial charge in [-0.05, 0) is 12.0 Å². The number of nitro groups is 1. The van der Waals surface area contributed by atoms with Crippen molar-refractivity contribution in [3.05, 3.63) is 22.2 Å². The van der Waals surface area contributed by atoms with E-state index in [9.17, 15) is 14.9 Å². The van der Waals surface area contributed by atoms with Gasteiger partial charge in [-0.15, -0.1) is 0 Å². The van der Waals surface area contributed by atoms with E-state index in [4.69, 9.17) is 5.73 Å². The molecular weight excluding hydrogens is 250 g/mol. The Kier molecular flexibility index (Phi) is 4.62. The van der Waals surface area contributed by atoms with Crippen LogP contribution in [0.2, 0.25) is 0 Å². The normalized spacial score (nSPS) is 12.0. The summed E-state index contributed by atoms with van der Waals surface area (Å²) in [7, 11) is 1.64. The second-order valence-electron chi connectivity index (χ2n) is 4.34. The van der Waals surface area contributed by atoms with Crippen molar-refractivity contribution in [2.75, 3.05) is 17.7 Å². The fourth-order valence-corrected chi connectivity index (χ4v) is 1.56. The highest BCUT2D eigenvalue weighted by Gasteiger charge is 2.24. The number of nitrogens with zero attached hydrogens (tertiary/aromatic N) is 2. The van der Waals surface area contributed by atoms with Crippen LogP contribution in [0.15, 0.2) is 12.1 Å². The molecule has 19 heavy (non-hydrogen) atoms. The van der Waals surface area contributed by atoms with Crippen molar-refractivity contribution in [3.63, 3.8) is 0 Å². The van der Waals surface area contributed by atoms with Gasteiger partial charge in [-0.2, -0.15) is 0 Å². The van der Waals surface area contributed by atoms with E-state index in [0.717, 1.165) is 0 Å². The molecule has 0 fully saturated rings. The minimum absolute atomic E-state index is 0.0225. The summed E-state index contributed by atoms with van der Waals surface area (Å²) >= 11 is 0. The number of nitrogens with two attached hydrogens (primary N) is 1. The molecule has 0 aromatic carbocycles. The monoisotopic (exact) mass is 267 g/mol. The molecule has 8 nitrogen and oxygen atoms in total. The zero-order chi connectivity index (χ0) is 14.6. The molecular formula is C11H17N5O3. The molecule has 1 amide bonds. The molecule has 4 N–H and O–H groups in total. The zero-order valence-corrected chi connectivity index (χ0v) is 11.0. The molecule has 0 saturated heterocycles. The van der Waals surface area contributed by atoms with E-state index >= 15 is 0 Å². The second kappa shape index (κ2) is 5.98. The number of amides is 1. The predicted molar refractivity (Wildman–Crippen MR) is 71.9 cm³/mol. The molecule has 1 heterocycles. The molecule has 0 aliphatic heterocycles. The SMILES string of the molecule is CNc1ccc([N+](=O)[O-])c(NC(C(N)=O)C(C)C)n1. The van der Waals surface area contributed by atoms with Gasteiger partial charge in [-0.3, -0.25) is 14.9 Å². The van der Waals surface area contributed by atoms with E-state index in [1.807, 2.05) is 0 Å². The molecule has 0 aliphatic carbocycles. The van der Waals surface area contributed by atoms with Gasteiger partial charge >= 0.3 is 5.69 Å². The van der Waals surface area contributed by atoms with Crippen LogP contribution < -0.4 is 16.4 Å². The third-order valence-electron chi connectivity index (χ3n) is 2.59. The fraction of sp³-hybridized carbons (Fsp3) is 0.455. The number of rotatable bonds is 6. The highest BCUT2D eigenvalue weighted by atomic mass is 16.6. The third kappa shape index (κ3) is 3.54. The van der Waals surface area contributed by atoms with Crippen molar-refractivity contribution in [2.45, 2.75) is 19.9 Å². The average molecular weight is 267 g/mol. The summed E-state index contributed by atoms with van der Waals surface area (Å²) in [5.74, 6) is -0.215. The predicted octanol–water partition coefficient (Wildman–Crippen LogP) is 0.953. The summed E-state index contributed by atoms with van der Waals surface area (Å²) in [6.07, 6.45) is 0. The van der Waals surface area contributed by atoms with Gasteiger partial charge in [0.25, 0.3) is 0 Å². The van der Waals surface area contributed by atoms with Crippen molar-refractivity contribution in [1.29, 1.82) is 0 Å². The smallest absolute Gasteiger partial charge is 0.311 e. The maximum Gasteiger partial charge on any atom is 0.311 e. The highest BCUT2D eigenvalue weighted by molar-refractivity contribution is 5.83. The number of hydrogen-bond donors (Lipinski definition) is 3. The first-order valence-corrected chi connectivity index (χ1v) is 5.75. The minimum atomic E-state index is -0.724. The number of carbonyl (C=O) groups excluding carboxylic acids is 1. The minimum Gasteiger partial charge on any atom is -0.373 e. The van der Waals surface area contributed by atoms with Crippen molar-refractivity contribution in [3.8, 4) is 0 Å². The number of primary amides is 1. The second-order valence-corrected chi connectivity index (χ2v) is 4.34. The topological polar surface area (TPSA) is 123 Å². The fourth-order valence-electron chi connectivity index (χ4n) is 1.56. The van der Waals surface area contributed by atoms with E-state index in [1.54, 1.807) is 20.9 Å². The Morgan fingerprint density at radius 1 is 1.47 bits per heavy atom. The highest BCUT2D eigenvalue weighted by Crippen LogP contribution is 2.25. The van der Waals surface area contributed by atoms with Crippen LogP contribution >= 0.6 is 0 Å². The van der Waals surface area contributed by atoms with Crippen molar-refractivity contribution < 1.29 is 9.72 Å². The van der Waals surface area contributed by atoms with Gasteiger partial charge in [0.05, 0.1) is 4.92 Å². The summed E-state index contributed by atoms with van der Waals surface area (Å²) < 4.78 is 0.